The van der Waals surface area contributed by atoms with Gasteiger partial charge in [-0.05, 0) is 36.5 Å². The number of nitrogens with zero attached hydrogens (tertiary/aromatic N) is 2. The first-order valence-corrected chi connectivity index (χ1v) is 5.73. The summed E-state index contributed by atoms with van der Waals surface area (Å²) in [5, 5.41) is 1.33. The molecule has 0 radical (unpaired) electrons. The van der Waals surface area contributed by atoms with Crippen molar-refractivity contribution < 1.29 is 0 Å². The maximum atomic E-state index is 4.51. The van der Waals surface area contributed by atoms with E-state index < -0.39 is 0 Å². The molecule has 0 unspecified atom stereocenters. The van der Waals surface area contributed by atoms with Crippen molar-refractivity contribution in [3.8, 4) is 0 Å². The van der Waals surface area contributed by atoms with Crippen LogP contribution < -0.4 is 0 Å². The Morgan fingerprint density at radius 1 is 1.33 bits per heavy atom. The second-order valence-corrected chi connectivity index (χ2v) is 4.75. The minimum absolute atomic E-state index is 0.575. The number of hydrogen-bond donors (Lipinski definition) is 0. The third kappa shape index (κ3) is 1.36. The summed E-state index contributed by atoms with van der Waals surface area (Å²) < 4.78 is 2.33. The van der Waals surface area contributed by atoms with Crippen molar-refractivity contribution in [1.82, 2.24) is 9.55 Å². The number of rotatable bonds is 2. The van der Waals surface area contributed by atoms with E-state index in [0.29, 0.717) is 5.92 Å². The lowest BCUT2D eigenvalue weighted by Crippen LogP contribution is -1.95. The third-order valence-electron chi connectivity index (χ3n) is 3.21. The maximum absolute atomic E-state index is 4.51. The number of hydrogen-bond acceptors (Lipinski definition) is 1. The topological polar surface area (TPSA) is 17.8 Å². The molecule has 3 rings (SSSR count). The molecule has 0 aromatic carbocycles. The molecule has 1 saturated carbocycles. The van der Waals surface area contributed by atoms with Gasteiger partial charge in [-0.25, -0.2) is 4.98 Å². The number of fused-ring (bicyclic) bond motifs is 1. The van der Waals surface area contributed by atoms with Gasteiger partial charge in [0.05, 0.1) is 0 Å². The molecule has 15 heavy (non-hydrogen) atoms. The molecule has 2 heteroatoms. The zero-order valence-corrected chi connectivity index (χ0v) is 9.27. The molecule has 2 aromatic rings. The smallest absolute Gasteiger partial charge is 0.140 e. The molecule has 0 aliphatic heterocycles. The molecule has 0 saturated heterocycles. The Kier molecular flexibility index (Phi) is 1.84. The quantitative estimate of drug-likeness (QED) is 0.725. The van der Waals surface area contributed by atoms with Gasteiger partial charge in [0.25, 0.3) is 0 Å². The molecule has 2 heterocycles. The molecule has 0 bridgehead atoms. The van der Waals surface area contributed by atoms with Gasteiger partial charge >= 0.3 is 0 Å². The van der Waals surface area contributed by atoms with E-state index in [1.165, 1.54) is 29.4 Å². The van der Waals surface area contributed by atoms with Gasteiger partial charge in [-0.1, -0.05) is 13.8 Å². The summed E-state index contributed by atoms with van der Waals surface area (Å²) >= 11 is 0. The van der Waals surface area contributed by atoms with E-state index in [1.807, 2.05) is 6.20 Å². The third-order valence-corrected chi connectivity index (χ3v) is 3.21. The van der Waals surface area contributed by atoms with Crippen molar-refractivity contribution in [2.75, 3.05) is 0 Å². The Bertz CT molecular complexity index is 492. The standard InChI is InChI=1S/C13H16N2/c1-9(2)11-5-7-14-13-12(11)6-8-15(13)10-3-4-10/h5-10H,3-4H2,1-2H3. The summed E-state index contributed by atoms with van der Waals surface area (Å²) in [6.45, 7) is 4.48. The lowest BCUT2D eigenvalue weighted by atomic mass is 10.0. The highest BCUT2D eigenvalue weighted by molar-refractivity contribution is 5.80. The second-order valence-electron chi connectivity index (χ2n) is 4.75. The fourth-order valence-corrected chi connectivity index (χ4v) is 2.23. The first-order valence-electron chi connectivity index (χ1n) is 5.73. The van der Waals surface area contributed by atoms with Crippen LogP contribution in [-0.2, 0) is 0 Å². The molecule has 0 N–H and O–H groups in total. The van der Waals surface area contributed by atoms with Gasteiger partial charge in [0, 0.05) is 23.8 Å². The van der Waals surface area contributed by atoms with E-state index in [0.717, 1.165) is 6.04 Å². The average Bonchev–Trinajstić information content (AvgIpc) is 2.97. The monoisotopic (exact) mass is 200 g/mol. The van der Waals surface area contributed by atoms with Crippen molar-refractivity contribution in [3.63, 3.8) is 0 Å². The summed E-state index contributed by atoms with van der Waals surface area (Å²) in [4.78, 5) is 4.51. The molecule has 0 atom stereocenters. The summed E-state index contributed by atoms with van der Waals surface area (Å²) in [7, 11) is 0. The van der Waals surface area contributed by atoms with Gasteiger partial charge in [-0.3, -0.25) is 0 Å². The largest absolute Gasteiger partial charge is 0.329 e. The van der Waals surface area contributed by atoms with Crippen molar-refractivity contribution in [2.24, 2.45) is 0 Å². The Morgan fingerprint density at radius 2 is 2.13 bits per heavy atom. The molecule has 0 spiro atoms. The van der Waals surface area contributed by atoms with Crippen LogP contribution in [0.3, 0.4) is 0 Å². The van der Waals surface area contributed by atoms with Gasteiger partial charge < -0.3 is 4.57 Å². The van der Waals surface area contributed by atoms with Crippen LogP contribution >= 0.6 is 0 Å². The summed E-state index contributed by atoms with van der Waals surface area (Å²) in [5.74, 6) is 0.575. The first-order chi connectivity index (χ1) is 7.27. The van der Waals surface area contributed by atoms with Crippen molar-refractivity contribution in [1.29, 1.82) is 0 Å². The van der Waals surface area contributed by atoms with Gasteiger partial charge in [0.2, 0.25) is 0 Å². The van der Waals surface area contributed by atoms with Gasteiger partial charge in [-0.2, -0.15) is 0 Å². The highest BCUT2D eigenvalue weighted by atomic mass is 15.1. The second kappa shape index (κ2) is 3.09. The summed E-state index contributed by atoms with van der Waals surface area (Å²) in [5.41, 5.74) is 2.59. The minimum atomic E-state index is 0.575. The van der Waals surface area contributed by atoms with Crippen LogP contribution in [0.25, 0.3) is 11.0 Å². The Hall–Kier alpha value is -1.31. The molecule has 1 aliphatic rings. The zero-order valence-electron chi connectivity index (χ0n) is 9.27. The van der Waals surface area contributed by atoms with Crippen LogP contribution in [0, 0.1) is 0 Å². The average molecular weight is 200 g/mol. The van der Waals surface area contributed by atoms with E-state index in [2.05, 4.69) is 41.7 Å². The SMILES string of the molecule is CC(C)c1ccnc2c1ccn2C1CC1. The summed E-state index contributed by atoms with van der Waals surface area (Å²) in [6, 6.07) is 5.08. The fraction of sp³-hybridized carbons (Fsp3) is 0.462. The molecule has 2 aromatic heterocycles. The molecule has 1 aliphatic carbocycles. The van der Waals surface area contributed by atoms with Crippen LogP contribution in [0.15, 0.2) is 24.5 Å². The van der Waals surface area contributed by atoms with Crippen LogP contribution in [0.4, 0.5) is 0 Å². The highest BCUT2D eigenvalue weighted by Crippen LogP contribution is 2.38. The van der Waals surface area contributed by atoms with Gasteiger partial charge in [0.15, 0.2) is 0 Å². The minimum Gasteiger partial charge on any atom is -0.329 e. The van der Waals surface area contributed by atoms with Crippen molar-refractivity contribution in [2.45, 2.75) is 38.6 Å². The molecule has 2 nitrogen and oxygen atoms in total. The zero-order chi connectivity index (χ0) is 10.4. The predicted octanol–water partition coefficient (Wildman–Crippen LogP) is 3.49. The lowest BCUT2D eigenvalue weighted by molar-refractivity contribution is 0.765. The van der Waals surface area contributed by atoms with Crippen LogP contribution in [0.2, 0.25) is 0 Å². The molecular weight excluding hydrogens is 184 g/mol. The van der Waals surface area contributed by atoms with Crippen LogP contribution in [-0.4, -0.2) is 9.55 Å². The van der Waals surface area contributed by atoms with E-state index in [4.69, 9.17) is 0 Å². The number of aromatic nitrogens is 2. The predicted molar refractivity (Wildman–Crippen MR) is 62.1 cm³/mol. The van der Waals surface area contributed by atoms with E-state index in [1.54, 1.807) is 0 Å². The molecule has 0 amide bonds. The van der Waals surface area contributed by atoms with E-state index in [-0.39, 0.29) is 0 Å². The molecular formula is C13H16N2. The van der Waals surface area contributed by atoms with Crippen molar-refractivity contribution in [3.05, 3.63) is 30.1 Å². The van der Waals surface area contributed by atoms with Crippen molar-refractivity contribution >= 4 is 11.0 Å². The Morgan fingerprint density at radius 3 is 2.80 bits per heavy atom. The maximum Gasteiger partial charge on any atom is 0.140 e. The van der Waals surface area contributed by atoms with Gasteiger partial charge in [-0.15, -0.1) is 0 Å². The van der Waals surface area contributed by atoms with Crippen LogP contribution in [0.5, 0.6) is 0 Å². The van der Waals surface area contributed by atoms with E-state index in [9.17, 15) is 0 Å². The fourth-order valence-electron chi connectivity index (χ4n) is 2.23. The van der Waals surface area contributed by atoms with E-state index >= 15 is 0 Å². The Balaban J connectivity index is 2.23. The number of pyridine rings is 1. The summed E-state index contributed by atoms with van der Waals surface area (Å²) in [6.07, 6.45) is 6.77. The van der Waals surface area contributed by atoms with Gasteiger partial charge in [0.1, 0.15) is 5.65 Å². The molecule has 1 fully saturated rings. The normalized spacial score (nSPS) is 16.5. The lowest BCUT2D eigenvalue weighted by Gasteiger charge is -2.07. The first kappa shape index (κ1) is 8.96. The Labute approximate surface area is 89.9 Å². The highest BCUT2D eigenvalue weighted by Gasteiger charge is 2.25. The van der Waals surface area contributed by atoms with Crippen LogP contribution in [0.1, 0.15) is 44.2 Å². The molecule has 78 valence electrons.